The van der Waals surface area contributed by atoms with Gasteiger partial charge in [-0.1, -0.05) is 121 Å². The van der Waals surface area contributed by atoms with Crippen LogP contribution in [0.5, 0.6) is 23.0 Å². The van der Waals surface area contributed by atoms with Crippen LogP contribution in [0.25, 0.3) is 87.6 Å². The number of rotatable bonds is 2. The van der Waals surface area contributed by atoms with Gasteiger partial charge in [0.05, 0.1) is 0 Å². The van der Waals surface area contributed by atoms with E-state index in [2.05, 4.69) is 146 Å². The van der Waals surface area contributed by atoms with Gasteiger partial charge in [-0.3, -0.25) is 0 Å². The Morgan fingerprint density at radius 3 is 1.02 bits per heavy atom. The van der Waals surface area contributed by atoms with Crippen molar-refractivity contribution < 1.29 is 9.47 Å². The van der Waals surface area contributed by atoms with Crippen molar-refractivity contribution >= 4 is 43.1 Å². The lowest BCUT2D eigenvalue weighted by Crippen LogP contribution is -1.99. The van der Waals surface area contributed by atoms with E-state index in [1.807, 2.05) is 12.1 Å². The Bertz CT molecular complexity index is 2590. The molecule has 0 radical (unpaired) electrons. The highest BCUT2D eigenvalue weighted by molar-refractivity contribution is 6.27. The molecule has 0 amide bonds. The molecule has 2 heterocycles. The standard InChI is InChI=1S/C46H26O2/c1-2-14-32-31(13-1)43(37-23-25-41-45-29(17-9-19-35(37)45)27-11-5-7-21-39(27)47-41)33-15-3-4-16-34(33)44(32)38-24-26-42-46-30(18-10-20-36(38)46)28-12-6-8-22-40(28)48-42/h1-26H. The Morgan fingerprint density at radius 1 is 0.229 bits per heavy atom. The molecule has 0 saturated heterocycles. The first-order valence-corrected chi connectivity index (χ1v) is 16.4. The molecule has 2 nitrogen and oxygen atoms in total. The molecule has 9 aromatic carbocycles. The minimum Gasteiger partial charge on any atom is -0.456 e. The van der Waals surface area contributed by atoms with Crippen molar-refractivity contribution in [2.75, 3.05) is 0 Å². The summed E-state index contributed by atoms with van der Waals surface area (Å²) in [6.07, 6.45) is 0. The van der Waals surface area contributed by atoms with Crippen molar-refractivity contribution in [1.29, 1.82) is 0 Å². The van der Waals surface area contributed by atoms with Gasteiger partial charge in [0, 0.05) is 21.9 Å². The quantitative estimate of drug-likeness (QED) is 0.181. The summed E-state index contributed by atoms with van der Waals surface area (Å²) in [5.74, 6) is 3.61. The van der Waals surface area contributed by atoms with Crippen LogP contribution in [0.1, 0.15) is 0 Å². The van der Waals surface area contributed by atoms with Crippen molar-refractivity contribution in [1.82, 2.24) is 0 Å². The van der Waals surface area contributed by atoms with Crippen LogP contribution in [0.2, 0.25) is 0 Å². The predicted molar refractivity (Wildman–Crippen MR) is 198 cm³/mol. The summed E-state index contributed by atoms with van der Waals surface area (Å²) < 4.78 is 13.0. The van der Waals surface area contributed by atoms with Gasteiger partial charge in [-0.2, -0.15) is 0 Å². The number of benzene rings is 9. The third-order valence-corrected chi connectivity index (χ3v) is 10.3. The minimum absolute atomic E-state index is 0.903. The largest absolute Gasteiger partial charge is 0.456 e. The van der Waals surface area contributed by atoms with Crippen LogP contribution in [-0.4, -0.2) is 0 Å². The Hall–Kier alpha value is -6.38. The summed E-state index contributed by atoms with van der Waals surface area (Å²) in [7, 11) is 0. The molecular formula is C46H26O2. The molecule has 0 bridgehead atoms. The molecule has 0 aromatic heterocycles. The molecule has 0 unspecified atom stereocenters. The summed E-state index contributed by atoms with van der Waals surface area (Å²) in [6.45, 7) is 0. The Kier molecular flexibility index (Phi) is 5.14. The molecule has 0 aliphatic carbocycles. The number of fused-ring (bicyclic) bond motifs is 6. The number of hydrogen-bond donors (Lipinski definition) is 0. The SMILES string of the molecule is c1ccc2c(c1)Oc1ccc(-c3c4ccccc4c(-c4ccc5c6c(cccc46)-c4ccccc4O5)c4ccccc34)c3cccc-2c13. The van der Waals surface area contributed by atoms with Gasteiger partial charge in [0.15, 0.2) is 0 Å². The zero-order valence-electron chi connectivity index (χ0n) is 25.8. The van der Waals surface area contributed by atoms with Gasteiger partial charge in [0.1, 0.15) is 23.0 Å². The topological polar surface area (TPSA) is 18.5 Å². The number of para-hydroxylation sites is 2. The van der Waals surface area contributed by atoms with Gasteiger partial charge < -0.3 is 9.47 Å². The fraction of sp³-hybridized carbons (Fsp3) is 0. The van der Waals surface area contributed by atoms with Crippen LogP contribution < -0.4 is 9.47 Å². The van der Waals surface area contributed by atoms with Crippen molar-refractivity contribution in [3.05, 3.63) is 158 Å². The maximum Gasteiger partial charge on any atom is 0.135 e. The van der Waals surface area contributed by atoms with E-state index in [-0.39, 0.29) is 0 Å². The predicted octanol–water partition coefficient (Wildman–Crippen LogP) is 13.2. The van der Waals surface area contributed by atoms with E-state index < -0.39 is 0 Å². The first kappa shape index (κ1) is 25.8. The van der Waals surface area contributed by atoms with Crippen LogP contribution in [0, 0.1) is 0 Å². The van der Waals surface area contributed by atoms with Crippen LogP contribution >= 0.6 is 0 Å². The molecule has 9 aromatic rings. The summed E-state index contributed by atoms with van der Waals surface area (Å²) in [5, 5.41) is 9.62. The molecule has 0 saturated carbocycles. The second-order valence-electron chi connectivity index (χ2n) is 12.7. The van der Waals surface area contributed by atoms with Crippen LogP contribution in [0.4, 0.5) is 0 Å². The highest BCUT2D eigenvalue weighted by atomic mass is 16.5. The average molecular weight is 611 g/mol. The maximum absolute atomic E-state index is 6.48. The fourth-order valence-corrected chi connectivity index (χ4v) is 8.31. The maximum atomic E-state index is 6.48. The van der Waals surface area contributed by atoms with Gasteiger partial charge in [-0.15, -0.1) is 0 Å². The highest BCUT2D eigenvalue weighted by Gasteiger charge is 2.26. The van der Waals surface area contributed by atoms with E-state index in [0.717, 1.165) is 44.9 Å². The van der Waals surface area contributed by atoms with E-state index in [1.54, 1.807) is 0 Å². The van der Waals surface area contributed by atoms with Crippen molar-refractivity contribution in [2.45, 2.75) is 0 Å². The second-order valence-corrected chi connectivity index (χ2v) is 12.7. The third kappa shape index (κ3) is 3.41. The average Bonchev–Trinajstić information content (AvgIpc) is 3.15. The van der Waals surface area contributed by atoms with Crippen molar-refractivity contribution in [2.24, 2.45) is 0 Å². The summed E-state index contributed by atoms with van der Waals surface area (Å²) >= 11 is 0. The van der Waals surface area contributed by atoms with Crippen LogP contribution in [0.3, 0.4) is 0 Å². The van der Waals surface area contributed by atoms with E-state index in [0.29, 0.717) is 0 Å². The zero-order valence-corrected chi connectivity index (χ0v) is 25.8. The molecule has 0 fully saturated rings. The Labute approximate surface area is 277 Å². The zero-order chi connectivity index (χ0) is 31.3. The molecule has 11 rings (SSSR count). The fourth-order valence-electron chi connectivity index (χ4n) is 8.31. The van der Waals surface area contributed by atoms with Gasteiger partial charge >= 0.3 is 0 Å². The molecular weight excluding hydrogens is 585 g/mol. The van der Waals surface area contributed by atoms with Gasteiger partial charge in [-0.25, -0.2) is 0 Å². The first-order valence-electron chi connectivity index (χ1n) is 16.4. The molecule has 2 heteroatoms. The summed E-state index contributed by atoms with van der Waals surface area (Å²) in [6, 6.07) is 56.6. The molecule has 2 aliphatic heterocycles. The lowest BCUT2D eigenvalue weighted by atomic mass is 9.82. The van der Waals surface area contributed by atoms with E-state index >= 15 is 0 Å². The summed E-state index contributed by atoms with van der Waals surface area (Å²) in [4.78, 5) is 0. The number of ether oxygens (including phenoxy) is 2. The van der Waals surface area contributed by atoms with E-state index in [9.17, 15) is 0 Å². The highest BCUT2D eigenvalue weighted by Crippen LogP contribution is 2.53. The molecule has 0 atom stereocenters. The van der Waals surface area contributed by atoms with E-state index in [1.165, 1.54) is 65.7 Å². The van der Waals surface area contributed by atoms with E-state index in [4.69, 9.17) is 9.47 Å². The lowest BCUT2D eigenvalue weighted by molar-refractivity contribution is 0.487. The molecule has 222 valence electrons. The molecule has 48 heavy (non-hydrogen) atoms. The van der Waals surface area contributed by atoms with Crippen molar-refractivity contribution in [3.63, 3.8) is 0 Å². The van der Waals surface area contributed by atoms with Crippen LogP contribution in [0.15, 0.2) is 158 Å². The second kappa shape index (κ2) is 9.57. The van der Waals surface area contributed by atoms with Gasteiger partial charge in [0.25, 0.3) is 0 Å². The monoisotopic (exact) mass is 610 g/mol. The Balaban J connectivity index is 1.24. The summed E-state index contributed by atoms with van der Waals surface area (Å²) in [5.41, 5.74) is 9.59. The van der Waals surface area contributed by atoms with Crippen LogP contribution in [-0.2, 0) is 0 Å². The molecule has 2 aliphatic rings. The third-order valence-electron chi connectivity index (χ3n) is 10.3. The van der Waals surface area contributed by atoms with Gasteiger partial charge in [0.2, 0.25) is 0 Å². The first-order chi connectivity index (χ1) is 23.8. The minimum atomic E-state index is 0.903. The number of hydrogen-bond acceptors (Lipinski definition) is 2. The smallest absolute Gasteiger partial charge is 0.135 e. The molecule has 0 spiro atoms. The lowest BCUT2D eigenvalue weighted by Gasteiger charge is -2.25. The normalized spacial score (nSPS) is 12.5. The van der Waals surface area contributed by atoms with Crippen molar-refractivity contribution in [3.8, 4) is 67.5 Å². The Morgan fingerprint density at radius 2 is 0.583 bits per heavy atom. The van der Waals surface area contributed by atoms with Gasteiger partial charge in [-0.05, 0) is 102 Å². The molecule has 0 N–H and O–H groups in total.